The summed E-state index contributed by atoms with van der Waals surface area (Å²) in [4.78, 5) is 6.69. The lowest BCUT2D eigenvalue weighted by Gasteiger charge is -2.31. The minimum atomic E-state index is -0.271. The van der Waals surface area contributed by atoms with Crippen molar-refractivity contribution < 1.29 is 14.2 Å². The van der Waals surface area contributed by atoms with Gasteiger partial charge in [-0.15, -0.1) is 0 Å². The number of benzene rings is 2. The van der Waals surface area contributed by atoms with Gasteiger partial charge in [-0.3, -0.25) is 0 Å². The van der Waals surface area contributed by atoms with Crippen LogP contribution in [-0.2, 0) is 6.54 Å². The van der Waals surface area contributed by atoms with Crippen LogP contribution in [0.5, 0.6) is 5.75 Å². The molecule has 2 heterocycles. The van der Waals surface area contributed by atoms with E-state index in [0.29, 0.717) is 50.7 Å². The maximum absolute atomic E-state index is 14.7. The Hall–Kier alpha value is -2.80. The molecule has 0 aliphatic carbocycles. The van der Waals surface area contributed by atoms with Crippen molar-refractivity contribution in [2.24, 2.45) is 4.99 Å². The average molecular weight is 427 g/mol. The molecule has 0 bridgehead atoms. The van der Waals surface area contributed by atoms with Crippen molar-refractivity contribution >= 4 is 11.6 Å². The van der Waals surface area contributed by atoms with Crippen molar-refractivity contribution in [1.82, 2.24) is 10.6 Å². The van der Waals surface area contributed by atoms with Crippen molar-refractivity contribution in [3.63, 3.8) is 0 Å². The number of hydrogen-bond acceptors (Lipinski definition) is 4. The third-order valence-corrected chi connectivity index (χ3v) is 5.85. The Morgan fingerprint density at radius 1 is 1.19 bits per heavy atom. The van der Waals surface area contributed by atoms with Crippen LogP contribution in [0.1, 0.15) is 43.4 Å². The predicted molar refractivity (Wildman–Crippen MR) is 121 cm³/mol. The Labute approximate surface area is 183 Å². The van der Waals surface area contributed by atoms with Crippen LogP contribution in [0.25, 0.3) is 0 Å². The standard InChI is InChI=1S/C24H31FN4O2/c1-2-26-24(28-21-11-14-31-23-6-4-3-5-19(21)23)27-16-17-7-8-22(20(25)15-17)29-12-9-18(30)10-13-29/h3-8,15,18,21,30H,2,9-14,16H2,1H3,(H2,26,27,28). The van der Waals surface area contributed by atoms with Crippen molar-refractivity contribution in [3.05, 3.63) is 59.4 Å². The topological polar surface area (TPSA) is 69.1 Å². The van der Waals surface area contributed by atoms with E-state index in [-0.39, 0.29) is 18.0 Å². The van der Waals surface area contributed by atoms with E-state index in [1.165, 1.54) is 0 Å². The van der Waals surface area contributed by atoms with Gasteiger partial charge >= 0.3 is 0 Å². The number of aliphatic hydroxyl groups is 1. The van der Waals surface area contributed by atoms with Crippen molar-refractivity contribution in [2.45, 2.75) is 44.9 Å². The molecule has 7 heteroatoms. The molecule has 1 unspecified atom stereocenters. The van der Waals surface area contributed by atoms with Crippen LogP contribution in [0.4, 0.5) is 10.1 Å². The molecule has 0 radical (unpaired) electrons. The monoisotopic (exact) mass is 426 g/mol. The Kier molecular flexibility index (Phi) is 6.92. The van der Waals surface area contributed by atoms with Gasteiger partial charge in [0.1, 0.15) is 11.6 Å². The van der Waals surface area contributed by atoms with Crippen molar-refractivity contribution in [2.75, 3.05) is 31.1 Å². The molecule has 1 saturated heterocycles. The fourth-order valence-electron chi connectivity index (χ4n) is 4.16. The molecule has 0 amide bonds. The molecule has 2 aliphatic rings. The zero-order valence-corrected chi connectivity index (χ0v) is 18.0. The number of piperidine rings is 1. The molecule has 31 heavy (non-hydrogen) atoms. The maximum atomic E-state index is 14.7. The van der Waals surface area contributed by atoms with Crippen LogP contribution in [0.15, 0.2) is 47.5 Å². The number of aliphatic imine (C=N–C) groups is 1. The number of fused-ring (bicyclic) bond motifs is 1. The average Bonchev–Trinajstić information content (AvgIpc) is 2.79. The number of nitrogens with one attached hydrogen (secondary N) is 2. The van der Waals surface area contributed by atoms with Gasteiger partial charge < -0.3 is 25.4 Å². The van der Waals surface area contributed by atoms with E-state index in [2.05, 4.69) is 21.7 Å². The molecule has 0 saturated carbocycles. The highest BCUT2D eigenvalue weighted by molar-refractivity contribution is 5.80. The highest BCUT2D eigenvalue weighted by Crippen LogP contribution is 2.31. The zero-order valence-electron chi connectivity index (χ0n) is 18.0. The third-order valence-electron chi connectivity index (χ3n) is 5.85. The van der Waals surface area contributed by atoms with Gasteiger partial charge in [-0.25, -0.2) is 9.38 Å². The van der Waals surface area contributed by atoms with E-state index in [1.54, 1.807) is 6.07 Å². The lowest BCUT2D eigenvalue weighted by Crippen LogP contribution is -2.41. The minimum Gasteiger partial charge on any atom is -0.493 e. The van der Waals surface area contributed by atoms with Gasteiger partial charge in [-0.05, 0) is 43.5 Å². The summed E-state index contributed by atoms with van der Waals surface area (Å²) in [5, 5.41) is 16.5. The Balaban J connectivity index is 1.44. The summed E-state index contributed by atoms with van der Waals surface area (Å²) in [5.74, 6) is 1.38. The highest BCUT2D eigenvalue weighted by atomic mass is 19.1. The predicted octanol–water partition coefficient (Wildman–Crippen LogP) is 3.37. The number of ether oxygens (including phenoxy) is 1. The summed E-state index contributed by atoms with van der Waals surface area (Å²) in [6.07, 6.45) is 1.94. The maximum Gasteiger partial charge on any atom is 0.192 e. The SMILES string of the molecule is CCNC(=NCc1ccc(N2CCC(O)CC2)c(F)c1)NC1CCOc2ccccc21. The molecule has 0 aromatic heterocycles. The number of anilines is 1. The molecule has 4 rings (SSSR count). The molecule has 2 aliphatic heterocycles. The van der Waals surface area contributed by atoms with Gasteiger partial charge in [0, 0.05) is 31.6 Å². The molecule has 1 atom stereocenters. The summed E-state index contributed by atoms with van der Waals surface area (Å²) in [6, 6.07) is 13.5. The first-order valence-corrected chi connectivity index (χ1v) is 11.1. The number of halogens is 1. The summed E-state index contributed by atoms with van der Waals surface area (Å²) in [6.45, 7) is 5.17. The van der Waals surface area contributed by atoms with Crippen molar-refractivity contribution in [3.8, 4) is 5.75 Å². The molecule has 1 fully saturated rings. The molecule has 3 N–H and O–H groups in total. The number of guanidine groups is 1. The van der Waals surface area contributed by atoms with Crippen LogP contribution < -0.4 is 20.3 Å². The van der Waals surface area contributed by atoms with Gasteiger partial charge in [0.2, 0.25) is 0 Å². The van der Waals surface area contributed by atoms with Crippen LogP contribution >= 0.6 is 0 Å². The van der Waals surface area contributed by atoms with Crippen LogP contribution in [0.2, 0.25) is 0 Å². The molecule has 6 nitrogen and oxygen atoms in total. The zero-order chi connectivity index (χ0) is 21.6. The smallest absolute Gasteiger partial charge is 0.192 e. The fraction of sp³-hybridized carbons (Fsp3) is 0.458. The van der Waals surface area contributed by atoms with E-state index in [0.717, 1.165) is 29.8 Å². The Morgan fingerprint density at radius 3 is 2.77 bits per heavy atom. The summed E-state index contributed by atoms with van der Waals surface area (Å²) in [5.41, 5.74) is 2.55. The molecule has 0 spiro atoms. The number of hydrogen-bond donors (Lipinski definition) is 3. The van der Waals surface area contributed by atoms with Crippen molar-refractivity contribution in [1.29, 1.82) is 0 Å². The minimum absolute atomic E-state index is 0.122. The lowest BCUT2D eigenvalue weighted by molar-refractivity contribution is 0.145. The number of para-hydroxylation sites is 1. The highest BCUT2D eigenvalue weighted by Gasteiger charge is 2.22. The molecule has 2 aromatic carbocycles. The van der Waals surface area contributed by atoms with Gasteiger partial charge in [-0.2, -0.15) is 0 Å². The summed E-state index contributed by atoms with van der Waals surface area (Å²) in [7, 11) is 0. The van der Waals surface area contributed by atoms with Crippen LogP contribution in [0, 0.1) is 5.82 Å². The second kappa shape index (κ2) is 10.0. The second-order valence-corrected chi connectivity index (χ2v) is 8.07. The quantitative estimate of drug-likeness (QED) is 0.505. The van der Waals surface area contributed by atoms with Gasteiger partial charge in [0.15, 0.2) is 5.96 Å². The van der Waals surface area contributed by atoms with E-state index in [9.17, 15) is 9.50 Å². The number of aliphatic hydroxyl groups excluding tert-OH is 1. The van der Waals surface area contributed by atoms with E-state index in [1.807, 2.05) is 42.2 Å². The molecule has 166 valence electrons. The largest absolute Gasteiger partial charge is 0.493 e. The van der Waals surface area contributed by atoms with Gasteiger partial charge in [0.05, 0.1) is 31.0 Å². The third kappa shape index (κ3) is 5.28. The molecule has 2 aromatic rings. The Bertz CT molecular complexity index is 912. The summed E-state index contributed by atoms with van der Waals surface area (Å²) < 4.78 is 20.5. The lowest BCUT2D eigenvalue weighted by atomic mass is 10.0. The Morgan fingerprint density at radius 2 is 2.00 bits per heavy atom. The van der Waals surface area contributed by atoms with Crippen LogP contribution in [-0.4, -0.2) is 43.4 Å². The van der Waals surface area contributed by atoms with E-state index < -0.39 is 0 Å². The van der Waals surface area contributed by atoms with Crippen LogP contribution in [0.3, 0.4) is 0 Å². The first-order valence-electron chi connectivity index (χ1n) is 11.1. The van der Waals surface area contributed by atoms with Gasteiger partial charge in [-0.1, -0.05) is 24.3 Å². The van der Waals surface area contributed by atoms with E-state index in [4.69, 9.17) is 4.74 Å². The molecular weight excluding hydrogens is 395 g/mol. The summed E-state index contributed by atoms with van der Waals surface area (Å²) >= 11 is 0. The normalized spacial score (nSPS) is 19.5. The first kappa shape index (κ1) is 21.4. The van der Waals surface area contributed by atoms with Gasteiger partial charge in [0.25, 0.3) is 0 Å². The first-order chi connectivity index (χ1) is 15.1. The van der Waals surface area contributed by atoms with E-state index >= 15 is 0 Å². The number of nitrogens with zero attached hydrogens (tertiary/aromatic N) is 2. The number of rotatable bonds is 5. The second-order valence-electron chi connectivity index (χ2n) is 8.07. The molecular formula is C24H31FN4O2. The fourth-order valence-corrected chi connectivity index (χ4v) is 4.16.